The molecule has 0 bridgehead atoms. The molecule has 1 fully saturated rings. The summed E-state index contributed by atoms with van der Waals surface area (Å²) in [4.78, 5) is 15.6. The molecule has 1 heterocycles. The molecule has 1 aromatic heterocycles. The molecule has 0 amide bonds. The maximum absolute atomic E-state index is 11.2. The molecule has 1 aliphatic rings. The number of aliphatic carboxylic acids is 1. The number of carboxylic acid groups (broad SMARTS) is 1. The van der Waals surface area contributed by atoms with E-state index in [1.54, 1.807) is 0 Å². The minimum absolute atomic E-state index is 0.196. The Balaban J connectivity index is 1.77. The molecule has 2 unspecified atom stereocenters. The van der Waals surface area contributed by atoms with Gasteiger partial charge in [-0.05, 0) is 23.1 Å². The van der Waals surface area contributed by atoms with Gasteiger partial charge in [0, 0.05) is 10.9 Å². The first kappa shape index (κ1) is 14.3. The van der Waals surface area contributed by atoms with Crippen LogP contribution in [-0.2, 0) is 11.2 Å². The van der Waals surface area contributed by atoms with E-state index in [0.29, 0.717) is 18.1 Å². The smallest absolute Gasteiger partial charge is 0.307 e. The van der Waals surface area contributed by atoms with Crippen LogP contribution in [0.25, 0.3) is 0 Å². The summed E-state index contributed by atoms with van der Waals surface area (Å²) in [6.07, 6.45) is 0.563. The lowest BCUT2D eigenvalue weighted by Crippen LogP contribution is -2.03. The zero-order valence-corrected chi connectivity index (χ0v) is 13.3. The van der Waals surface area contributed by atoms with E-state index < -0.39 is 11.9 Å². The van der Waals surface area contributed by atoms with E-state index in [4.69, 9.17) is 4.52 Å². The van der Waals surface area contributed by atoms with Crippen LogP contribution >= 0.6 is 15.9 Å². The number of hydrogen-bond acceptors (Lipinski definition) is 4. The van der Waals surface area contributed by atoms with E-state index in [2.05, 4.69) is 26.1 Å². The second-order valence-electron chi connectivity index (χ2n) is 5.97. The maximum atomic E-state index is 11.2. The van der Waals surface area contributed by atoms with Crippen molar-refractivity contribution in [2.45, 2.75) is 26.2 Å². The van der Waals surface area contributed by atoms with Crippen LogP contribution in [0.3, 0.4) is 0 Å². The van der Waals surface area contributed by atoms with Crippen LogP contribution in [0.4, 0.5) is 0 Å². The van der Waals surface area contributed by atoms with E-state index >= 15 is 0 Å². The highest BCUT2D eigenvalue weighted by atomic mass is 79.9. The highest BCUT2D eigenvalue weighted by Gasteiger charge is 2.65. The zero-order chi connectivity index (χ0) is 15.2. The quantitative estimate of drug-likeness (QED) is 0.915. The standard InChI is InChI=1S/C15H15BrN2O3/c1-15(2)11(12(15)14(19)20)13-17-10(18-21-13)7-8-4-3-5-9(16)6-8/h3-6,11-12H,7H2,1-2H3,(H,19,20). The van der Waals surface area contributed by atoms with E-state index in [-0.39, 0.29) is 11.3 Å². The summed E-state index contributed by atoms with van der Waals surface area (Å²) in [5.41, 5.74) is 0.743. The molecule has 0 radical (unpaired) electrons. The van der Waals surface area contributed by atoms with Crippen LogP contribution in [0, 0.1) is 11.3 Å². The van der Waals surface area contributed by atoms with Crippen molar-refractivity contribution in [3.05, 3.63) is 46.0 Å². The average molecular weight is 351 g/mol. The van der Waals surface area contributed by atoms with Gasteiger partial charge in [-0.15, -0.1) is 0 Å². The van der Waals surface area contributed by atoms with Gasteiger partial charge in [-0.25, -0.2) is 0 Å². The third-order valence-electron chi connectivity index (χ3n) is 4.09. The van der Waals surface area contributed by atoms with E-state index in [0.717, 1.165) is 10.0 Å². The maximum Gasteiger partial charge on any atom is 0.307 e. The molecule has 3 rings (SSSR count). The van der Waals surface area contributed by atoms with E-state index in [9.17, 15) is 9.90 Å². The van der Waals surface area contributed by atoms with Crippen LogP contribution in [-0.4, -0.2) is 21.2 Å². The molecule has 2 aromatic rings. The molecule has 1 saturated carbocycles. The summed E-state index contributed by atoms with van der Waals surface area (Å²) in [7, 11) is 0. The normalized spacial score (nSPS) is 23.0. The minimum atomic E-state index is -0.809. The fourth-order valence-corrected chi connectivity index (χ4v) is 3.30. The van der Waals surface area contributed by atoms with Gasteiger partial charge in [0.15, 0.2) is 5.82 Å². The molecular weight excluding hydrogens is 336 g/mol. The van der Waals surface area contributed by atoms with Gasteiger partial charge in [0.1, 0.15) is 0 Å². The first-order chi connectivity index (χ1) is 9.89. The monoisotopic (exact) mass is 350 g/mol. The van der Waals surface area contributed by atoms with Gasteiger partial charge in [0.05, 0.1) is 11.8 Å². The molecular formula is C15H15BrN2O3. The lowest BCUT2D eigenvalue weighted by atomic mass is 10.1. The van der Waals surface area contributed by atoms with Crippen LogP contribution in [0.5, 0.6) is 0 Å². The van der Waals surface area contributed by atoms with Crippen molar-refractivity contribution < 1.29 is 14.4 Å². The fraction of sp³-hybridized carbons (Fsp3) is 0.400. The Morgan fingerprint density at radius 3 is 2.86 bits per heavy atom. The highest BCUT2D eigenvalue weighted by molar-refractivity contribution is 9.10. The fourth-order valence-electron chi connectivity index (χ4n) is 2.85. The lowest BCUT2D eigenvalue weighted by molar-refractivity contribution is -0.139. The average Bonchev–Trinajstić information content (AvgIpc) is 2.75. The van der Waals surface area contributed by atoms with Gasteiger partial charge in [-0.1, -0.05) is 47.1 Å². The largest absolute Gasteiger partial charge is 0.481 e. The molecule has 5 nitrogen and oxygen atoms in total. The van der Waals surface area contributed by atoms with Gasteiger partial charge in [-0.2, -0.15) is 4.98 Å². The van der Waals surface area contributed by atoms with Crippen molar-refractivity contribution in [1.82, 2.24) is 10.1 Å². The van der Waals surface area contributed by atoms with Gasteiger partial charge in [0.25, 0.3) is 0 Å². The van der Waals surface area contributed by atoms with Crippen molar-refractivity contribution >= 4 is 21.9 Å². The number of benzene rings is 1. The molecule has 0 saturated heterocycles. The summed E-state index contributed by atoms with van der Waals surface area (Å²) in [5, 5.41) is 13.2. The lowest BCUT2D eigenvalue weighted by Gasteiger charge is -1.97. The Morgan fingerprint density at radius 2 is 2.24 bits per heavy atom. The Bertz CT molecular complexity index is 696. The first-order valence-corrected chi connectivity index (χ1v) is 7.48. The third kappa shape index (κ3) is 2.60. The minimum Gasteiger partial charge on any atom is -0.481 e. The Morgan fingerprint density at radius 1 is 1.48 bits per heavy atom. The van der Waals surface area contributed by atoms with Crippen molar-refractivity contribution in [3.8, 4) is 0 Å². The molecule has 21 heavy (non-hydrogen) atoms. The molecule has 0 aliphatic heterocycles. The molecule has 2 atom stereocenters. The number of carboxylic acids is 1. The van der Waals surface area contributed by atoms with Crippen molar-refractivity contribution in [3.63, 3.8) is 0 Å². The van der Waals surface area contributed by atoms with E-state index in [1.165, 1.54) is 0 Å². The predicted octanol–water partition coefficient (Wildman–Crippen LogP) is 3.25. The van der Waals surface area contributed by atoms with Crippen LogP contribution in [0.2, 0.25) is 0 Å². The number of nitrogens with zero attached hydrogens (tertiary/aromatic N) is 2. The van der Waals surface area contributed by atoms with Crippen molar-refractivity contribution in [2.75, 3.05) is 0 Å². The summed E-state index contributed by atoms with van der Waals surface area (Å²) in [5.74, 6) is -0.445. The van der Waals surface area contributed by atoms with Gasteiger partial charge < -0.3 is 9.63 Å². The molecule has 0 spiro atoms. The second kappa shape index (κ2) is 4.94. The Hall–Kier alpha value is -1.69. The Labute approximate surface area is 130 Å². The summed E-state index contributed by atoms with van der Waals surface area (Å²) < 4.78 is 6.27. The molecule has 1 aromatic carbocycles. The number of rotatable bonds is 4. The highest BCUT2D eigenvalue weighted by Crippen LogP contribution is 2.64. The zero-order valence-electron chi connectivity index (χ0n) is 11.7. The first-order valence-electron chi connectivity index (χ1n) is 6.69. The predicted molar refractivity (Wildman–Crippen MR) is 78.9 cm³/mol. The number of carbonyl (C=O) groups is 1. The summed E-state index contributed by atoms with van der Waals surface area (Å²) in [6, 6.07) is 7.89. The Kier molecular flexibility index (Phi) is 3.36. The number of hydrogen-bond donors (Lipinski definition) is 1. The SMILES string of the molecule is CC1(C)C(C(=O)O)C1c1nc(Cc2cccc(Br)c2)no1. The molecule has 110 valence electrons. The number of aromatic nitrogens is 2. The number of halogens is 1. The molecule has 1 aliphatic carbocycles. The van der Waals surface area contributed by atoms with Gasteiger partial charge in [0.2, 0.25) is 5.89 Å². The van der Waals surface area contributed by atoms with Gasteiger partial charge >= 0.3 is 5.97 Å². The van der Waals surface area contributed by atoms with Crippen LogP contribution < -0.4 is 0 Å². The van der Waals surface area contributed by atoms with E-state index in [1.807, 2.05) is 38.1 Å². The molecule has 6 heteroatoms. The second-order valence-corrected chi connectivity index (χ2v) is 6.89. The summed E-state index contributed by atoms with van der Waals surface area (Å²) >= 11 is 3.42. The summed E-state index contributed by atoms with van der Waals surface area (Å²) in [6.45, 7) is 3.82. The van der Waals surface area contributed by atoms with Crippen LogP contribution in [0.1, 0.15) is 37.0 Å². The topological polar surface area (TPSA) is 76.2 Å². The van der Waals surface area contributed by atoms with Crippen molar-refractivity contribution in [1.29, 1.82) is 0 Å². The third-order valence-corrected chi connectivity index (χ3v) is 4.59. The van der Waals surface area contributed by atoms with Gasteiger partial charge in [-0.3, -0.25) is 4.79 Å². The van der Waals surface area contributed by atoms with Crippen LogP contribution in [0.15, 0.2) is 33.3 Å². The molecule has 1 N–H and O–H groups in total. The van der Waals surface area contributed by atoms with Crippen molar-refractivity contribution in [2.24, 2.45) is 11.3 Å².